The summed E-state index contributed by atoms with van der Waals surface area (Å²) < 4.78 is 8.17. The van der Waals surface area contributed by atoms with E-state index in [1.807, 2.05) is 23.7 Å². The van der Waals surface area contributed by atoms with E-state index in [1.165, 1.54) is 5.56 Å². The third-order valence-corrected chi connectivity index (χ3v) is 3.39. The average molecular weight is 277 g/mol. The van der Waals surface area contributed by atoms with Crippen molar-refractivity contribution in [2.75, 3.05) is 6.61 Å². The summed E-state index contributed by atoms with van der Waals surface area (Å²) in [6.45, 7) is 2.94. The first kappa shape index (κ1) is 13.8. The fourth-order valence-corrected chi connectivity index (χ4v) is 1.91. The zero-order valence-electron chi connectivity index (χ0n) is 11.3. The number of hydrogen-bond donors (Lipinski definition) is 1. The van der Waals surface area contributed by atoms with Gasteiger partial charge in [-0.15, -0.1) is 0 Å². The van der Waals surface area contributed by atoms with Gasteiger partial charge in [0.25, 0.3) is 0 Å². The molecule has 1 aromatic heterocycles. The van der Waals surface area contributed by atoms with Gasteiger partial charge >= 0.3 is 0 Å². The molecule has 0 aliphatic heterocycles. The lowest BCUT2D eigenvalue weighted by Gasteiger charge is -2.06. The summed E-state index contributed by atoms with van der Waals surface area (Å²) in [4.78, 5) is 0. The molecular formula is C14H19N3OS. The second-order valence-electron chi connectivity index (χ2n) is 4.53. The standard InChI is InChI=1S/C14H19N3OS/c1-3-4-9-18-12-7-5-11(6-8-12)10-13-15-16-14(19)17(13)2/h5-8H,3-4,9-10H2,1-2H3,(H,16,19). The second kappa shape index (κ2) is 6.52. The molecule has 2 rings (SSSR count). The van der Waals surface area contributed by atoms with E-state index < -0.39 is 0 Å². The molecule has 0 saturated heterocycles. The summed E-state index contributed by atoms with van der Waals surface area (Å²) in [6, 6.07) is 8.15. The van der Waals surface area contributed by atoms with Gasteiger partial charge in [0, 0.05) is 13.5 Å². The van der Waals surface area contributed by atoms with Gasteiger partial charge in [-0.3, -0.25) is 5.10 Å². The van der Waals surface area contributed by atoms with Crippen molar-refractivity contribution in [3.8, 4) is 5.75 Å². The number of hydrogen-bond acceptors (Lipinski definition) is 3. The minimum atomic E-state index is 0.648. The van der Waals surface area contributed by atoms with Crippen LogP contribution in [0.1, 0.15) is 31.2 Å². The Balaban J connectivity index is 1.98. The molecule has 0 fully saturated rings. The molecule has 0 saturated carbocycles. The van der Waals surface area contributed by atoms with Crippen LogP contribution in [-0.4, -0.2) is 21.4 Å². The molecule has 1 aromatic carbocycles. The van der Waals surface area contributed by atoms with Crippen LogP contribution in [0, 0.1) is 4.77 Å². The fourth-order valence-electron chi connectivity index (χ4n) is 1.76. The normalized spacial score (nSPS) is 10.6. The van der Waals surface area contributed by atoms with Gasteiger partial charge in [0.05, 0.1) is 6.61 Å². The number of nitrogens with zero attached hydrogens (tertiary/aromatic N) is 2. The van der Waals surface area contributed by atoms with E-state index in [4.69, 9.17) is 17.0 Å². The number of ether oxygens (including phenoxy) is 1. The molecule has 0 amide bonds. The maximum atomic E-state index is 5.64. The topological polar surface area (TPSA) is 42.8 Å². The number of aromatic nitrogens is 3. The Bertz CT molecular complexity index is 571. The van der Waals surface area contributed by atoms with E-state index in [-0.39, 0.29) is 0 Å². The summed E-state index contributed by atoms with van der Waals surface area (Å²) in [7, 11) is 1.92. The Labute approximate surface area is 118 Å². The molecule has 5 heteroatoms. The van der Waals surface area contributed by atoms with Gasteiger partial charge < -0.3 is 9.30 Å². The number of rotatable bonds is 6. The highest BCUT2D eigenvalue weighted by Gasteiger charge is 2.03. The van der Waals surface area contributed by atoms with Crippen molar-refractivity contribution in [2.24, 2.45) is 7.05 Å². The number of benzene rings is 1. The lowest BCUT2D eigenvalue weighted by molar-refractivity contribution is 0.309. The van der Waals surface area contributed by atoms with Crippen molar-refractivity contribution >= 4 is 12.2 Å². The third kappa shape index (κ3) is 3.67. The van der Waals surface area contributed by atoms with Gasteiger partial charge in [-0.1, -0.05) is 25.5 Å². The third-order valence-electron chi connectivity index (χ3n) is 3.02. The van der Waals surface area contributed by atoms with Crippen LogP contribution in [0.5, 0.6) is 5.75 Å². The predicted octanol–water partition coefficient (Wildman–Crippen LogP) is 3.25. The summed E-state index contributed by atoms with van der Waals surface area (Å²) in [5.74, 6) is 1.86. The molecule has 1 heterocycles. The van der Waals surface area contributed by atoms with Crippen LogP contribution < -0.4 is 4.74 Å². The molecule has 19 heavy (non-hydrogen) atoms. The van der Waals surface area contributed by atoms with Crippen LogP contribution in [-0.2, 0) is 13.5 Å². The van der Waals surface area contributed by atoms with Gasteiger partial charge in [-0.2, -0.15) is 5.10 Å². The van der Waals surface area contributed by atoms with Gasteiger partial charge in [-0.05, 0) is 36.3 Å². The lowest BCUT2D eigenvalue weighted by atomic mass is 10.1. The Morgan fingerprint density at radius 3 is 2.63 bits per heavy atom. The van der Waals surface area contributed by atoms with Gasteiger partial charge in [-0.25, -0.2) is 0 Å². The lowest BCUT2D eigenvalue weighted by Crippen LogP contribution is -2.00. The van der Waals surface area contributed by atoms with Crippen LogP contribution in [0.2, 0.25) is 0 Å². The fraction of sp³-hybridized carbons (Fsp3) is 0.429. The van der Waals surface area contributed by atoms with E-state index in [1.54, 1.807) is 0 Å². The van der Waals surface area contributed by atoms with Crippen molar-refractivity contribution in [2.45, 2.75) is 26.2 Å². The predicted molar refractivity (Wildman–Crippen MR) is 78.0 cm³/mol. The molecule has 0 bridgehead atoms. The van der Waals surface area contributed by atoms with E-state index in [0.717, 1.165) is 37.4 Å². The molecule has 0 unspecified atom stereocenters. The van der Waals surface area contributed by atoms with Crippen molar-refractivity contribution in [3.05, 3.63) is 40.4 Å². The second-order valence-corrected chi connectivity index (χ2v) is 4.91. The highest BCUT2D eigenvalue weighted by Crippen LogP contribution is 2.14. The summed E-state index contributed by atoms with van der Waals surface area (Å²) >= 11 is 5.10. The first-order valence-corrected chi connectivity index (χ1v) is 6.93. The molecule has 0 spiro atoms. The largest absolute Gasteiger partial charge is 0.494 e. The highest BCUT2D eigenvalue weighted by atomic mass is 32.1. The molecule has 2 aromatic rings. The molecule has 0 atom stereocenters. The molecule has 1 N–H and O–H groups in total. The van der Waals surface area contributed by atoms with E-state index in [2.05, 4.69) is 29.3 Å². The van der Waals surface area contributed by atoms with Crippen LogP contribution >= 0.6 is 12.2 Å². The first-order chi connectivity index (χ1) is 9.20. The van der Waals surface area contributed by atoms with E-state index >= 15 is 0 Å². The Morgan fingerprint density at radius 2 is 2.05 bits per heavy atom. The van der Waals surface area contributed by atoms with Gasteiger partial charge in [0.2, 0.25) is 0 Å². The van der Waals surface area contributed by atoms with Crippen LogP contribution in [0.25, 0.3) is 0 Å². The molecule has 4 nitrogen and oxygen atoms in total. The number of H-pyrrole nitrogens is 1. The van der Waals surface area contributed by atoms with Crippen molar-refractivity contribution in [1.29, 1.82) is 0 Å². The molecule has 0 aliphatic rings. The molecule has 0 radical (unpaired) electrons. The maximum absolute atomic E-state index is 5.64. The first-order valence-electron chi connectivity index (χ1n) is 6.52. The number of aromatic amines is 1. The van der Waals surface area contributed by atoms with Crippen LogP contribution in [0.15, 0.2) is 24.3 Å². The average Bonchev–Trinajstić information content (AvgIpc) is 2.73. The highest BCUT2D eigenvalue weighted by molar-refractivity contribution is 7.71. The minimum Gasteiger partial charge on any atom is -0.494 e. The summed E-state index contributed by atoms with van der Waals surface area (Å²) in [5, 5.41) is 7.00. The van der Waals surface area contributed by atoms with E-state index in [0.29, 0.717) is 4.77 Å². The number of unbranched alkanes of at least 4 members (excludes halogenated alkanes) is 1. The number of nitrogens with one attached hydrogen (secondary N) is 1. The zero-order valence-corrected chi connectivity index (χ0v) is 12.2. The van der Waals surface area contributed by atoms with Gasteiger partial charge in [0.15, 0.2) is 4.77 Å². The quantitative estimate of drug-likeness (QED) is 0.651. The molecule has 102 valence electrons. The summed E-state index contributed by atoms with van der Waals surface area (Å²) in [5.41, 5.74) is 1.19. The minimum absolute atomic E-state index is 0.648. The SMILES string of the molecule is CCCCOc1ccc(Cc2n[nH]c(=S)n2C)cc1. The van der Waals surface area contributed by atoms with Crippen LogP contribution in [0.4, 0.5) is 0 Å². The van der Waals surface area contributed by atoms with Crippen molar-refractivity contribution < 1.29 is 4.74 Å². The summed E-state index contributed by atoms with van der Waals surface area (Å²) in [6.07, 6.45) is 3.00. The van der Waals surface area contributed by atoms with Crippen molar-refractivity contribution in [3.63, 3.8) is 0 Å². The molecular weight excluding hydrogens is 258 g/mol. The maximum Gasteiger partial charge on any atom is 0.194 e. The van der Waals surface area contributed by atoms with Crippen LogP contribution in [0.3, 0.4) is 0 Å². The van der Waals surface area contributed by atoms with E-state index in [9.17, 15) is 0 Å². The Hall–Kier alpha value is -1.62. The Kier molecular flexibility index (Phi) is 4.74. The molecule has 0 aliphatic carbocycles. The van der Waals surface area contributed by atoms with Gasteiger partial charge in [0.1, 0.15) is 11.6 Å². The zero-order chi connectivity index (χ0) is 13.7. The smallest absolute Gasteiger partial charge is 0.194 e. The monoisotopic (exact) mass is 277 g/mol. The van der Waals surface area contributed by atoms with Crippen molar-refractivity contribution in [1.82, 2.24) is 14.8 Å². The Morgan fingerprint density at radius 1 is 1.32 bits per heavy atom.